The maximum absolute atomic E-state index is 12.5. The van der Waals surface area contributed by atoms with Crippen molar-refractivity contribution in [2.45, 2.75) is 65.0 Å². The zero-order chi connectivity index (χ0) is 23.6. The molecule has 1 aliphatic carbocycles. The van der Waals surface area contributed by atoms with Crippen LogP contribution >= 0.6 is 11.8 Å². The number of carbonyl (C=O) groups is 2. The first-order valence-electron chi connectivity index (χ1n) is 12.1. The largest absolute Gasteiger partial charge is 0.465 e. The van der Waals surface area contributed by atoms with Crippen molar-refractivity contribution in [1.82, 2.24) is 4.90 Å². The molecule has 1 amide bonds. The number of ether oxygens (including phenoxy) is 1. The van der Waals surface area contributed by atoms with E-state index in [1.54, 1.807) is 0 Å². The van der Waals surface area contributed by atoms with Crippen molar-refractivity contribution in [1.29, 1.82) is 0 Å². The van der Waals surface area contributed by atoms with E-state index in [4.69, 9.17) is 4.74 Å². The van der Waals surface area contributed by atoms with Gasteiger partial charge in [0.2, 0.25) is 6.41 Å². The number of hydrogen-bond donors (Lipinski definition) is 0. The van der Waals surface area contributed by atoms with Crippen molar-refractivity contribution in [2.75, 3.05) is 18.6 Å². The quantitative estimate of drug-likeness (QED) is 0.280. The fourth-order valence-electron chi connectivity index (χ4n) is 4.90. The van der Waals surface area contributed by atoms with E-state index in [0.29, 0.717) is 18.0 Å². The lowest BCUT2D eigenvalue weighted by Crippen LogP contribution is -2.37. The molecule has 0 aliphatic heterocycles. The van der Waals surface area contributed by atoms with Crippen LogP contribution < -0.4 is 0 Å². The van der Waals surface area contributed by atoms with Crippen LogP contribution in [0.4, 0.5) is 0 Å². The number of methoxy groups -OCH3 is 1. The molecule has 0 heterocycles. The van der Waals surface area contributed by atoms with Gasteiger partial charge >= 0.3 is 5.97 Å². The first-order valence-corrected chi connectivity index (χ1v) is 13.3. The van der Waals surface area contributed by atoms with Crippen molar-refractivity contribution in [3.63, 3.8) is 0 Å². The van der Waals surface area contributed by atoms with Crippen LogP contribution in [0, 0.1) is 12.8 Å². The lowest BCUT2D eigenvalue weighted by molar-refractivity contribution is -0.120. The molecule has 2 aromatic carbocycles. The summed E-state index contributed by atoms with van der Waals surface area (Å²) in [5.74, 6) is 2.39. The monoisotopic (exact) mass is 467 g/mol. The maximum Gasteiger partial charge on any atom is 0.338 e. The predicted octanol–water partition coefficient (Wildman–Crippen LogP) is 6.50. The molecule has 1 saturated carbocycles. The number of rotatable bonds is 11. The SMILES string of the molecule is CCSC[C@H](CC1CCCCC1)N(C=O)Cc1ccc(C(=O)OC)c(-c2ccccc2C)c1. The van der Waals surface area contributed by atoms with E-state index in [9.17, 15) is 9.59 Å². The van der Waals surface area contributed by atoms with Gasteiger partial charge in [-0.15, -0.1) is 0 Å². The Balaban J connectivity index is 1.88. The second-order valence-corrected chi connectivity index (χ2v) is 10.3. The minimum absolute atomic E-state index is 0.234. The Morgan fingerprint density at radius 1 is 1.15 bits per heavy atom. The molecular formula is C28H37NO3S. The number of benzene rings is 2. The Bertz CT molecular complexity index is 923. The third-order valence-electron chi connectivity index (χ3n) is 6.74. The molecule has 0 bridgehead atoms. The number of nitrogens with zero attached hydrogens (tertiary/aromatic N) is 1. The van der Waals surface area contributed by atoms with Gasteiger partial charge < -0.3 is 9.64 Å². The molecule has 3 rings (SSSR count). The minimum Gasteiger partial charge on any atom is -0.465 e. The average molecular weight is 468 g/mol. The van der Waals surface area contributed by atoms with E-state index in [-0.39, 0.29) is 12.0 Å². The van der Waals surface area contributed by atoms with E-state index in [1.165, 1.54) is 39.2 Å². The molecule has 1 atom stereocenters. The Hall–Kier alpha value is -2.27. The fraction of sp³-hybridized carbons (Fsp3) is 0.500. The van der Waals surface area contributed by atoms with E-state index >= 15 is 0 Å². The van der Waals surface area contributed by atoms with Crippen molar-refractivity contribution >= 4 is 24.1 Å². The topological polar surface area (TPSA) is 46.6 Å². The summed E-state index contributed by atoms with van der Waals surface area (Å²) in [6, 6.07) is 14.1. The first kappa shape index (κ1) is 25.4. The van der Waals surface area contributed by atoms with Gasteiger partial charge in [0.05, 0.1) is 12.7 Å². The van der Waals surface area contributed by atoms with Gasteiger partial charge in [0.1, 0.15) is 0 Å². The highest BCUT2D eigenvalue weighted by Crippen LogP contribution is 2.32. The van der Waals surface area contributed by atoms with Gasteiger partial charge in [0.15, 0.2) is 0 Å². The molecule has 178 valence electrons. The molecule has 1 fully saturated rings. The predicted molar refractivity (Wildman–Crippen MR) is 138 cm³/mol. The van der Waals surface area contributed by atoms with Crippen LogP contribution in [0.15, 0.2) is 42.5 Å². The summed E-state index contributed by atoms with van der Waals surface area (Å²) >= 11 is 1.91. The Labute approximate surface area is 203 Å². The second-order valence-electron chi connectivity index (χ2n) is 9.02. The summed E-state index contributed by atoms with van der Waals surface area (Å²) in [4.78, 5) is 26.7. The maximum atomic E-state index is 12.5. The number of carbonyl (C=O) groups excluding carboxylic acids is 2. The highest BCUT2D eigenvalue weighted by molar-refractivity contribution is 7.99. The Kier molecular flexibility index (Phi) is 9.86. The van der Waals surface area contributed by atoms with E-state index in [1.807, 2.05) is 60.0 Å². The van der Waals surface area contributed by atoms with E-state index < -0.39 is 0 Å². The highest BCUT2D eigenvalue weighted by Gasteiger charge is 2.24. The van der Waals surface area contributed by atoms with Crippen LogP contribution in [0.3, 0.4) is 0 Å². The molecular weight excluding hydrogens is 430 g/mol. The summed E-state index contributed by atoms with van der Waals surface area (Å²) < 4.78 is 5.04. The molecule has 0 aromatic heterocycles. The normalized spacial score (nSPS) is 15.1. The Morgan fingerprint density at radius 3 is 2.58 bits per heavy atom. The van der Waals surface area contributed by atoms with Gasteiger partial charge in [-0.25, -0.2) is 4.79 Å². The fourth-order valence-corrected chi connectivity index (χ4v) is 5.73. The number of aryl methyl sites for hydroxylation is 1. The third kappa shape index (κ3) is 6.86. The molecule has 0 radical (unpaired) electrons. The van der Waals surface area contributed by atoms with Gasteiger partial charge in [0, 0.05) is 18.3 Å². The minimum atomic E-state index is -0.346. The molecule has 1 aliphatic rings. The summed E-state index contributed by atoms with van der Waals surface area (Å²) in [5.41, 5.74) is 4.55. The number of esters is 1. The molecule has 33 heavy (non-hydrogen) atoms. The number of hydrogen-bond acceptors (Lipinski definition) is 4. The number of thioether (sulfide) groups is 1. The lowest BCUT2D eigenvalue weighted by Gasteiger charge is -2.33. The van der Waals surface area contributed by atoms with Crippen molar-refractivity contribution in [3.05, 3.63) is 59.2 Å². The zero-order valence-corrected chi connectivity index (χ0v) is 21.0. The first-order chi connectivity index (χ1) is 16.1. The summed E-state index contributed by atoms with van der Waals surface area (Å²) in [5, 5.41) is 0. The van der Waals surface area contributed by atoms with E-state index in [0.717, 1.165) is 46.6 Å². The third-order valence-corrected chi connectivity index (χ3v) is 7.77. The van der Waals surface area contributed by atoms with Gasteiger partial charge in [-0.05, 0) is 59.4 Å². The Morgan fingerprint density at radius 2 is 1.91 bits per heavy atom. The molecule has 0 N–H and O–H groups in total. The van der Waals surface area contributed by atoms with Gasteiger partial charge in [-0.2, -0.15) is 11.8 Å². The van der Waals surface area contributed by atoms with Gasteiger partial charge in [-0.1, -0.05) is 69.4 Å². The second kappa shape index (κ2) is 12.8. The van der Waals surface area contributed by atoms with Gasteiger partial charge in [-0.3, -0.25) is 4.79 Å². The zero-order valence-electron chi connectivity index (χ0n) is 20.2. The van der Waals surface area contributed by atoms with Crippen LogP contribution in [0.2, 0.25) is 0 Å². The molecule has 0 spiro atoms. The molecule has 2 aromatic rings. The van der Waals surface area contributed by atoms with Crippen molar-refractivity contribution in [2.24, 2.45) is 5.92 Å². The molecule has 0 saturated heterocycles. The van der Waals surface area contributed by atoms with E-state index in [2.05, 4.69) is 13.0 Å². The van der Waals surface area contributed by atoms with Gasteiger partial charge in [0.25, 0.3) is 0 Å². The number of amides is 1. The average Bonchev–Trinajstić information content (AvgIpc) is 2.85. The highest BCUT2D eigenvalue weighted by atomic mass is 32.2. The molecule has 5 heteroatoms. The smallest absolute Gasteiger partial charge is 0.338 e. The lowest BCUT2D eigenvalue weighted by atomic mass is 9.85. The van der Waals surface area contributed by atoms with Crippen LogP contribution in [0.25, 0.3) is 11.1 Å². The van der Waals surface area contributed by atoms with Crippen LogP contribution in [-0.2, 0) is 16.1 Å². The standard InChI is InChI=1S/C28H37NO3S/c1-4-33-19-24(16-22-11-6-5-7-12-22)29(20-30)18-23-14-15-26(28(31)32-3)27(17-23)25-13-9-8-10-21(25)2/h8-10,13-15,17,20,22,24H,4-7,11-12,16,18-19H2,1-3H3/t24-/m0/s1. The molecule has 4 nitrogen and oxygen atoms in total. The molecule has 0 unspecified atom stereocenters. The summed E-state index contributed by atoms with van der Waals surface area (Å²) in [6.45, 7) is 4.77. The van der Waals surface area contributed by atoms with Crippen molar-refractivity contribution < 1.29 is 14.3 Å². The summed E-state index contributed by atoms with van der Waals surface area (Å²) in [7, 11) is 1.41. The van der Waals surface area contributed by atoms with Crippen LogP contribution in [0.5, 0.6) is 0 Å². The van der Waals surface area contributed by atoms with Crippen molar-refractivity contribution in [3.8, 4) is 11.1 Å². The van der Waals surface area contributed by atoms with Crippen LogP contribution in [0.1, 0.15) is 66.9 Å². The summed E-state index contributed by atoms with van der Waals surface area (Å²) in [6.07, 6.45) is 8.64. The van der Waals surface area contributed by atoms with Crippen LogP contribution in [-0.4, -0.2) is 41.9 Å².